The summed E-state index contributed by atoms with van der Waals surface area (Å²) >= 11 is 0. The minimum absolute atomic E-state index is 0.159. The van der Waals surface area contributed by atoms with Crippen LogP contribution in [-0.4, -0.2) is 55.1 Å². The average Bonchev–Trinajstić information content (AvgIpc) is 3.51. The number of aromatic nitrogens is 5. The monoisotopic (exact) mass is 632 g/mol. The van der Waals surface area contributed by atoms with Gasteiger partial charge in [0.1, 0.15) is 17.8 Å². The molecule has 5 aromatic rings. The number of pyridine rings is 1. The molecule has 0 aliphatic heterocycles. The quantitative estimate of drug-likeness (QED) is 0.131. The van der Waals surface area contributed by atoms with E-state index in [-0.39, 0.29) is 18.1 Å². The van der Waals surface area contributed by atoms with Crippen LogP contribution in [0.3, 0.4) is 0 Å². The van der Waals surface area contributed by atoms with Crippen LogP contribution in [0.5, 0.6) is 0 Å². The van der Waals surface area contributed by atoms with Crippen molar-refractivity contribution in [2.75, 3.05) is 12.8 Å². The van der Waals surface area contributed by atoms with Gasteiger partial charge in [0.2, 0.25) is 0 Å². The predicted octanol–water partition coefficient (Wildman–Crippen LogP) is 6.88. The zero-order chi connectivity index (χ0) is 33.6. The third-order valence-electron chi connectivity index (χ3n) is 7.88. The van der Waals surface area contributed by atoms with Crippen LogP contribution in [0.2, 0.25) is 0 Å². The molecule has 244 valence electrons. The Morgan fingerprint density at radius 2 is 1.79 bits per heavy atom. The lowest BCUT2D eigenvalue weighted by molar-refractivity contribution is 0.0952. The number of benzene rings is 2. The van der Waals surface area contributed by atoms with Gasteiger partial charge in [-0.3, -0.25) is 9.78 Å². The molecule has 0 bridgehead atoms. The number of nitrogen functional groups attached to an aromatic ring is 1. The number of hydrogen-bond donors (Lipinski definition) is 3. The van der Waals surface area contributed by atoms with Gasteiger partial charge in [0.15, 0.2) is 5.65 Å². The second-order valence-corrected chi connectivity index (χ2v) is 11.1. The fraction of sp³-hybridized carbons (Fsp3) is 0.297. The van der Waals surface area contributed by atoms with E-state index in [9.17, 15) is 9.90 Å². The van der Waals surface area contributed by atoms with Crippen LogP contribution in [0.1, 0.15) is 67.9 Å². The van der Waals surface area contributed by atoms with Gasteiger partial charge in [0, 0.05) is 30.7 Å². The molecule has 47 heavy (non-hydrogen) atoms. The molecule has 3 aromatic heterocycles. The zero-order valence-corrected chi connectivity index (χ0v) is 27.4. The van der Waals surface area contributed by atoms with E-state index in [0.29, 0.717) is 29.1 Å². The number of carbonyl (C=O) groups is 1. The van der Waals surface area contributed by atoms with Crippen LogP contribution in [-0.2, 0) is 6.54 Å². The summed E-state index contributed by atoms with van der Waals surface area (Å²) < 4.78 is 1.95. The minimum Gasteiger partial charge on any atom is -0.393 e. The van der Waals surface area contributed by atoms with Gasteiger partial charge in [-0.15, -0.1) is 6.58 Å². The highest BCUT2D eigenvalue weighted by Crippen LogP contribution is 2.36. The molecule has 1 amide bonds. The number of nitrogens with zero attached hydrogens (tertiary/aromatic N) is 6. The Morgan fingerprint density at radius 3 is 2.45 bits per heavy atom. The number of allylic oxidation sites excluding steroid dienone is 3. The highest BCUT2D eigenvalue weighted by Gasteiger charge is 2.26. The van der Waals surface area contributed by atoms with Gasteiger partial charge < -0.3 is 21.1 Å². The van der Waals surface area contributed by atoms with E-state index in [4.69, 9.17) is 10.8 Å². The van der Waals surface area contributed by atoms with Gasteiger partial charge in [0.25, 0.3) is 5.91 Å². The molecule has 0 radical (unpaired) electrons. The highest BCUT2D eigenvalue weighted by atomic mass is 16.3. The van der Waals surface area contributed by atoms with Gasteiger partial charge in [-0.2, -0.15) is 5.10 Å². The fourth-order valence-corrected chi connectivity index (χ4v) is 5.33. The standard InChI is InChI=1S/C28H27N7O2.C6H10.C3H7N/c29-26-23-25(34-35(27(23)33-16-32-26)20-10-12-21(36)13-11-20)19-8-6-17(7-9-19)15-31-28(37)22-5-1-3-18-4-2-14-30-24(18)22;1-3-5-6-4-2;1-3-4-2/h1-9,14,16,20-21,36H,10-13,15H2,(H,31,37)(H2,29,32,33);3-4,6H,1,5H2,2H3;3H,1-2H3/b;6-4-;. The number of nitrogens with one attached hydrogen (secondary N) is 1. The van der Waals surface area contributed by atoms with Crippen LogP contribution >= 0.6 is 0 Å². The molecule has 0 spiro atoms. The molecule has 1 aliphatic carbocycles. The van der Waals surface area contributed by atoms with Crippen molar-refractivity contribution in [1.82, 2.24) is 30.0 Å². The van der Waals surface area contributed by atoms with Gasteiger partial charge in [-0.05, 0) is 69.9 Å². The van der Waals surface area contributed by atoms with E-state index >= 15 is 0 Å². The van der Waals surface area contributed by atoms with Gasteiger partial charge in [-0.25, -0.2) is 14.6 Å². The van der Waals surface area contributed by atoms with Gasteiger partial charge >= 0.3 is 0 Å². The van der Waals surface area contributed by atoms with Crippen LogP contribution in [0.25, 0.3) is 33.2 Å². The molecule has 3 heterocycles. The molecule has 0 saturated heterocycles. The topological polar surface area (TPSA) is 144 Å². The number of aliphatic hydroxyl groups is 1. The molecule has 1 saturated carbocycles. The summed E-state index contributed by atoms with van der Waals surface area (Å²) in [5.74, 6) is 0.225. The first-order chi connectivity index (χ1) is 22.9. The number of aliphatic hydroxyl groups excluding tert-OH is 1. The minimum atomic E-state index is -0.248. The van der Waals surface area contributed by atoms with Crippen molar-refractivity contribution in [2.45, 2.75) is 64.6 Å². The Labute approximate surface area is 276 Å². The maximum Gasteiger partial charge on any atom is 0.253 e. The number of aliphatic imine (C=N–C) groups is 1. The third-order valence-corrected chi connectivity index (χ3v) is 7.88. The first kappa shape index (κ1) is 34.6. The third kappa shape index (κ3) is 8.95. The van der Waals surface area contributed by atoms with E-state index in [1.165, 1.54) is 6.33 Å². The number of carbonyl (C=O) groups excluding carboxylic acids is 1. The number of anilines is 1. The lowest BCUT2D eigenvalue weighted by Gasteiger charge is -2.25. The largest absolute Gasteiger partial charge is 0.393 e. The van der Waals surface area contributed by atoms with Gasteiger partial charge in [0.05, 0.1) is 28.6 Å². The molecule has 1 fully saturated rings. The number of rotatable bonds is 7. The number of para-hydroxylation sites is 1. The number of fused-ring (bicyclic) bond motifs is 2. The van der Waals surface area contributed by atoms with Crippen LogP contribution in [0.4, 0.5) is 5.82 Å². The fourth-order valence-electron chi connectivity index (χ4n) is 5.33. The highest BCUT2D eigenvalue weighted by molar-refractivity contribution is 6.05. The summed E-state index contributed by atoms with van der Waals surface area (Å²) in [5, 5.41) is 19.5. The van der Waals surface area contributed by atoms with Crippen molar-refractivity contribution >= 4 is 39.9 Å². The second kappa shape index (κ2) is 17.5. The Hall–Kier alpha value is -5.22. The lowest BCUT2D eigenvalue weighted by atomic mass is 9.93. The number of amides is 1. The maximum atomic E-state index is 12.9. The molecule has 4 N–H and O–H groups in total. The summed E-state index contributed by atoms with van der Waals surface area (Å²) in [4.78, 5) is 29.5. The average molecular weight is 633 g/mol. The van der Waals surface area contributed by atoms with Crippen molar-refractivity contribution in [3.05, 3.63) is 103 Å². The van der Waals surface area contributed by atoms with Crippen LogP contribution < -0.4 is 11.1 Å². The summed E-state index contributed by atoms with van der Waals surface area (Å²) in [6.45, 7) is 7.82. The van der Waals surface area contributed by atoms with Gasteiger partial charge in [-0.1, -0.05) is 60.7 Å². The zero-order valence-electron chi connectivity index (χ0n) is 27.4. The van der Waals surface area contributed by atoms with Crippen LogP contribution in [0.15, 0.2) is 96.9 Å². The smallest absolute Gasteiger partial charge is 0.253 e. The van der Waals surface area contributed by atoms with E-state index in [1.807, 2.05) is 79.2 Å². The van der Waals surface area contributed by atoms with E-state index < -0.39 is 0 Å². The van der Waals surface area contributed by atoms with Crippen molar-refractivity contribution < 1.29 is 9.90 Å². The molecular formula is C37H44N8O2. The number of hydrogen-bond acceptors (Lipinski definition) is 8. The molecule has 10 nitrogen and oxygen atoms in total. The normalized spacial score (nSPS) is 16.0. The van der Waals surface area contributed by atoms with Crippen molar-refractivity contribution in [1.29, 1.82) is 0 Å². The molecule has 0 atom stereocenters. The molecule has 10 heteroatoms. The Morgan fingerprint density at radius 1 is 1.06 bits per heavy atom. The van der Waals surface area contributed by atoms with Crippen molar-refractivity contribution in [3.8, 4) is 11.3 Å². The SMILES string of the molecule is C=CC/C=C\C.CC=NC.Nc1ncnc2c1c(-c1ccc(CNC(=O)c3cccc4cccnc34)cc1)nn2C1CCC(O)CC1. The van der Waals surface area contributed by atoms with Crippen molar-refractivity contribution in [3.63, 3.8) is 0 Å². The summed E-state index contributed by atoms with van der Waals surface area (Å²) in [7, 11) is 1.75. The first-order valence-electron chi connectivity index (χ1n) is 15.9. The van der Waals surface area contributed by atoms with E-state index in [0.717, 1.165) is 59.7 Å². The van der Waals surface area contributed by atoms with E-state index in [2.05, 4.69) is 37.9 Å². The molecule has 2 aromatic carbocycles. The Kier molecular flexibility index (Phi) is 12.9. The molecule has 0 unspecified atom stereocenters. The second-order valence-electron chi connectivity index (χ2n) is 11.1. The summed E-state index contributed by atoms with van der Waals surface area (Å²) in [5.41, 5.74) is 10.8. The Bertz CT molecular complexity index is 1810. The predicted molar refractivity (Wildman–Crippen MR) is 191 cm³/mol. The summed E-state index contributed by atoms with van der Waals surface area (Å²) in [6.07, 6.45) is 14.8. The van der Waals surface area contributed by atoms with Crippen LogP contribution in [0, 0.1) is 0 Å². The van der Waals surface area contributed by atoms with Crippen molar-refractivity contribution in [2.24, 2.45) is 4.99 Å². The Balaban J connectivity index is 0.000000439. The summed E-state index contributed by atoms with van der Waals surface area (Å²) in [6, 6.07) is 17.4. The van der Waals surface area contributed by atoms with E-state index in [1.54, 1.807) is 25.5 Å². The molecular weight excluding hydrogens is 588 g/mol. The molecule has 1 aliphatic rings. The number of nitrogens with two attached hydrogens (primary N) is 1. The maximum absolute atomic E-state index is 12.9. The lowest BCUT2D eigenvalue weighted by Crippen LogP contribution is -2.23. The molecule has 6 rings (SSSR count). The first-order valence-corrected chi connectivity index (χ1v) is 15.9.